The average Bonchev–Trinajstić information content (AvgIpc) is 2.30. The van der Waals surface area contributed by atoms with Crippen LogP contribution in [0.5, 0.6) is 5.75 Å². The fourth-order valence-electron chi connectivity index (χ4n) is 1.34. The fraction of sp³-hybridized carbons (Fsp3) is 0.0833. The van der Waals surface area contributed by atoms with E-state index in [0.29, 0.717) is 21.6 Å². The minimum atomic E-state index is 0.258. The van der Waals surface area contributed by atoms with E-state index in [1.807, 2.05) is 0 Å². The molecule has 88 valence electrons. The van der Waals surface area contributed by atoms with Crippen LogP contribution in [0.4, 0.5) is 5.82 Å². The van der Waals surface area contributed by atoms with Crippen LogP contribution in [0.1, 0.15) is 5.56 Å². The Hall–Kier alpha value is -1.45. The first-order valence-electron chi connectivity index (χ1n) is 4.94. The van der Waals surface area contributed by atoms with Crippen LogP contribution in [-0.2, 0) is 6.61 Å². The number of nitrogens with two attached hydrogens (primary N) is 1. The number of pyridine rings is 1. The highest BCUT2D eigenvalue weighted by atomic mass is 35.5. The molecule has 2 aromatic rings. The Morgan fingerprint density at radius 2 is 1.82 bits per heavy atom. The molecule has 0 saturated heterocycles. The van der Waals surface area contributed by atoms with Gasteiger partial charge in [-0.1, -0.05) is 29.3 Å². The Labute approximate surface area is 109 Å². The molecule has 0 aliphatic rings. The lowest BCUT2D eigenvalue weighted by molar-refractivity contribution is 0.307. The van der Waals surface area contributed by atoms with Crippen LogP contribution in [0.15, 0.2) is 36.5 Å². The molecule has 0 unspecified atom stereocenters. The van der Waals surface area contributed by atoms with E-state index in [1.165, 1.54) is 0 Å². The van der Waals surface area contributed by atoms with Gasteiger partial charge in [-0.2, -0.15) is 0 Å². The summed E-state index contributed by atoms with van der Waals surface area (Å²) in [5.41, 5.74) is 6.39. The zero-order valence-corrected chi connectivity index (χ0v) is 10.4. The predicted molar refractivity (Wildman–Crippen MR) is 69.4 cm³/mol. The van der Waals surface area contributed by atoms with E-state index >= 15 is 0 Å². The molecule has 0 bridgehead atoms. The van der Waals surface area contributed by atoms with Crippen molar-refractivity contribution in [3.8, 4) is 5.75 Å². The van der Waals surface area contributed by atoms with Gasteiger partial charge >= 0.3 is 0 Å². The molecule has 0 atom stereocenters. The molecule has 1 aromatic heterocycles. The molecule has 2 rings (SSSR count). The van der Waals surface area contributed by atoms with Gasteiger partial charge in [-0.3, -0.25) is 0 Å². The summed E-state index contributed by atoms with van der Waals surface area (Å²) in [4.78, 5) is 3.92. The molecule has 0 amide bonds. The number of hydrogen-bond donors (Lipinski definition) is 1. The third-order valence-electron chi connectivity index (χ3n) is 2.23. The van der Waals surface area contributed by atoms with E-state index < -0.39 is 0 Å². The molecular weight excluding hydrogens is 259 g/mol. The standard InChI is InChI=1S/C12H10Cl2N2O/c13-9-3-1-4-10(14)8(9)7-17-11-5-2-6-16-12(11)15/h1-6H,7H2,(H2,15,16). The van der Waals surface area contributed by atoms with Crippen LogP contribution in [0.2, 0.25) is 10.0 Å². The molecule has 0 saturated carbocycles. The van der Waals surface area contributed by atoms with Gasteiger partial charge < -0.3 is 10.5 Å². The molecule has 5 heteroatoms. The molecule has 2 N–H and O–H groups in total. The van der Waals surface area contributed by atoms with Gasteiger partial charge in [-0.25, -0.2) is 4.98 Å². The lowest BCUT2D eigenvalue weighted by Gasteiger charge is -2.10. The van der Waals surface area contributed by atoms with Gasteiger partial charge in [0.25, 0.3) is 0 Å². The number of nitrogens with zero attached hydrogens (tertiary/aromatic N) is 1. The number of aromatic nitrogens is 1. The monoisotopic (exact) mass is 268 g/mol. The van der Waals surface area contributed by atoms with Gasteiger partial charge in [0.2, 0.25) is 0 Å². The highest BCUT2D eigenvalue weighted by Gasteiger charge is 2.07. The number of ether oxygens (including phenoxy) is 1. The van der Waals surface area contributed by atoms with Crippen molar-refractivity contribution < 1.29 is 4.74 Å². The molecular formula is C12H10Cl2N2O. The van der Waals surface area contributed by atoms with Crippen LogP contribution in [0.3, 0.4) is 0 Å². The van der Waals surface area contributed by atoms with E-state index in [1.54, 1.807) is 36.5 Å². The third-order valence-corrected chi connectivity index (χ3v) is 2.94. The summed E-state index contributed by atoms with van der Waals surface area (Å²) < 4.78 is 5.53. The first kappa shape index (κ1) is 12.0. The van der Waals surface area contributed by atoms with E-state index in [2.05, 4.69) is 4.98 Å². The van der Waals surface area contributed by atoms with Crippen molar-refractivity contribution >= 4 is 29.0 Å². The zero-order chi connectivity index (χ0) is 12.3. The maximum atomic E-state index is 6.02. The Bertz CT molecular complexity index is 511. The number of rotatable bonds is 3. The van der Waals surface area contributed by atoms with Crippen LogP contribution in [0, 0.1) is 0 Å². The SMILES string of the molecule is Nc1ncccc1OCc1c(Cl)cccc1Cl. The van der Waals surface area contributed by atoms with Crippen molar-refractivity contribution in [3.63, 3.8) is 0 Å². The first-order valence-corrected chi connectivity index (χ1v) is 5.70. The fourth-order valence-corrected chi connectivity index (χ4v) is 1.85. The Morgan fingerprint density at radius 3 is 2.47 bits per heavy atom. The Balaban J connectivity index is 2.16. The van der Waals surface area contributed by atoms with Crippen molar-refractivity contribution in [3.05, 3.63) is 52.1 Å². The van der Waals surface area contributed by atoms with Gasteiger partial charge in [0.15, 0.2) is 11.6 Å². The number of nitrogen functional groups attached to an aromatic ring is 1. The highest BCUT2D eigenvalue weighted by Crippen LogP contribution is 2.26. The summed E-state index contributed by atoms with van der Waals surface area (Å²) in [7, 11) is 0. The van der Waals surface area contributed by atoms with Gasteiger partial charge in [0.05, 0.1) is 0 Å². The summed E-state index contributed by atoms with van der Waals surface area (Å²) in [6.07, 6.45) is 1.60. The van der Waals surface area contributed by atoms with E-state index in [0.717, 1.165) is 5.56 Å². The van der Waals surface area contributed by atoms with Crippen LogP contribution in [0.25, 0.3) is 0 Å². The summed E-state index contributed by atoms with van der Waals surface area (Å²) in [6, 6.07) is 8.80. The third kappa shape index (κ3) is 2.81. The summed E-state index contributed by atoms with van der Waals surface area (Å²) in [5.74, 6) is 0.860. The van der Waals surface area contributed by atoms with E-state index in [-0.39, 0.29) is 6.61 Å². The zero-order valence-electron chi connectivity index (χ0n) is 8.86. The summed E-state index contributed by atoms with van der Waals surface area (Å²) in [5, 5.41) is 1.14. The van der Waals surface area contributed by atoms with Crippen molar-refractivity contribution in [2.75, 3.05) is 5.73 Å². The van der Waals surface area contributed by atoms with Crippen LogP contribution < -0.4 is 10.5 Å². The summed E-state index contributed by atoms with van der Waals surface area (Å²) >= 11 is 12.0. The second-order valence-corrected chi connectivity index (χ2v) is 4.19. The normalized spacial score (nSPS) is 10.2. The van der Waals surface area contributed by atoms with Crippen LogP contribution in [-0.4, -0.2) is 4.98 Å². The number of hydrogen-bond acceptors (Lipinski definition) is 3. The maximum absolute atomic E-state index is 6.02. The van der Waals surface area contributed by atoms with Gasteiger partial charge in [0.1, 0.15) is 6.61 Å². The number of halogens is 2. The largest absolute Gasteiger partial charge is 0.485 e. The molecule has 1 aromatic carbocycles. The molecule has 0 aliphatic carbocycles. The van der Waals surface area contributed by atoms with Gasteiger partial charge in [-0.15, -0.1) is 0 Å². The van der Waals surface area contributed by atoms with Crippen molar-refractivity contribution in [1.82, 2.24) is 4.98 Å². The lowest BCUT2D eigenvalue weighted by atomic mass is 10.2. The smallest absolute Gasteiger partial charge is 0.166 e. The number of anilines is 1. The second kappa shape index (κ2) is 5.25. The van der Waals surface area contributed by atoms with Crippen molar-refractivity contribution in [2.45, 2.75) is 6.61 Å². The first-order chi connectivity index (χ1) is 8.18. The van der Waals surface area contributed by atoms with E-state index in [9.17, 15) is 0 Å². The molecule has 0 fully saturated rings. The van der Waals surface area contributed by atoms with Gasteiger partial charge in [0, 0.05) is 21.8 Å². The topological polar surface area (TPSA) is 48.1 Å². The highest BCUT2D eigenvalue weighted by molar-refractivity contribution is 6.35. The van der Waals surface area contributed by atoms with E-state index in [4.69, 9.17) is 33.7 Å². The predicted octanol–water partition coefficient (Wildman–Crippen LogP) is 3.55. The van der Waals surface area contributed by atoms with Crippen LogP contribution >= 0.6 is 23.2 Å². The quantitative estimate of drug-likeness (QED) is 0.926. The summed E-state index contributed by atoms with van der Waals surface area (Å²) in [6.45, 7) is 0.258. The molecule has 3 nitrogen and oxygen atoms in total. The minimum absolute atomic E-state index is 0.258. The molecule has 17 heavy (non-hydrogen) atoms. The average molecular weight is 269 g/mol. The second-order valence-electron chi connectivity index (χ2n) is 3.38. The lowest BCUT2D eigenvalue weighted by Crippen LogP contribution is -2.01. The maximum Gasteiger partial charge on any atom is 0.166 e. The van der Waals surface area contributed by atoms with Crippen molar-refractivity contribution in [2.24, 2.45) is 0 Å². The Kier molecular flexibility index (Phi) is 3.71. The molecule has 0 radical (unpaired) electrons. The Morgan fingerprint density at radius 1 is 1.12 bits per heavy atom. The molecule has 0 aliphatic heterocycles. The minimum Gasteiger partial charge on any atom is -0.485 e. The molecule has 0 spiro atoms. The number of benzene rings is 1. The van der Waals surface area contributed by atoms with Crippen molar-refractivity contribution in [1.29, 1.82) is 0 Å². The van der Waals surface area contributed by atoms with Gasteiger partial charge in [-0.05, 0) is 24.3 Å². The molecule has 1 heterocycles.